The molecule has 0 saturated carbocycles. The zero-order valence-electron chi connectivity index (χ0n) is 15.3. The maximum absolute atomic E-state index is 12.7. The molecule has 1 amide bonds. The van der Waals surface area contributed by atoms with Gasteiger partial charge in [0, 0.05) is 24.3 Å². The van der Waals surface area contributed by atoms with Crippen LogP contribution in [-0.2, 0) is 22.9 Å². The molecule has 2 aromatic rings. The summed E-state index contributed by atoms with van der Waals surface area (Å²) in [5.74, 6) is -0.170. The first-order valence-corrected chi connectivity index (χ1v) is 11.0. The number of amides is 1. The van der Waals surface area contributed by atoms with Crippen molar-refractivity contribution in [2.75, 3.05) is 18.4 Å². The van der Waals surface area contributed by atoms with Crippen molar-refractivity contribution >= 4 is 21.6 Å². The van der Waals surface area contributed by atoms with E-state index in [1.165, 1.54) is 11.1 Å². The maximum atomic E-state index is 12.7. The van der Waals surface area contributed by atoms with E-state index < -0.39 is 10.0 Å². The lowest BCUT2D eigenvalue weighted by molar-refractivity contribution is 0.102. The molecule has 1 aliphatic carbocycles. The quantitative estimate of drug-likeness (QED) is 0.876. The molecule has 0 unspecified atom stereocenters. The molecule has 0 radical (unpaired) electrons. The zero-order chi connectivity index (χ0) is 18.9. The first-order chi connectivity index (χ1) is 13.0. The van der Waals surface area contributed by atoms with E-state index in [9.17, 15) is 13.2 Å². The summed E-state index contributed by atoms with van der Waals surface area (Å²) in [7, 11) is -3.45. The van der Waals surface area contributed by atoms with Crippen LogP contribution in [0.4, 0.5) is 5.69 Å². The van der Waals surface area contributed by atoms with Crippen LogP contribution in [0, 0.1) is 0 Å². The largest absolute Gasteiger partial charge is 0.322 e. The average molecular weight is 385 g/mol. The number of hydrogen-bond acceptors (Lipinski definition) is 3. The monoisotopic (exact) mass is 384 g/mol. The number of carbonyl (C=O) groups excluding carboxylic acids is 1. The summed E-state index contributed by atoms with van der Waals surface area (Å²) in [6, 6.07) is 12.3. The number of sulfonamides is 1. The summed E-state index contributed by atoms with van der Waals surface area (Å²) < 4.78 is 26.9. The minimum atomic E-state index is -3.45. The fourth-order valence-electron chi connectivity index (χ4n) is 3.88. The van der Waals surface area contributed by atoms with Crippen molar-refractivity contribution in [2.45, 2.75) is 43.4 Å². The molecule has 1 N–H and O–H groups in total. The molecule has 2 aromatic carbocycles. The van der Waals surface area contributed by atoms with Gasteiger partial charge in [-0.1, -0.05) is 12.5 Å². The lowest BCUT2D eigenvalue weighted by Crippen LogP contribution is -2.35. The number of nitrogens with one attached hydrogen (secondary N) is 1. The Kier molecular flexibility index (Phi) is 5.02. The number of anilines is 1. The lowest BCUT2D eigenvalue weighted by Gasteiger charge is -2.25. The Morgan fingerprint density at radius 3 is 2.30 bits per heavy atom. The highest BCUT2D eigenvalue weighted by atomic mass is 32.2. The maximum Gasteiger partial charge on any atom is 0.255 e. The van der Waals surface area contributed by atoms with Crippen molar-refractivity contribution in [3.05, 3.63) is 59.2 Å². The van der Waals surface area contributed by atoms with Crippen LogP contribution in [0.25, 0.3) is 0 Å². The number of hydrogen-bond donors (Lipinski definition) is 1. The van der Waals surface area contributed by atoms with E-state index in [4.69, 9.17) is 0 Å². The van der Waals surface area contributed by atoms with Gasteiger partial charge in [0.15, 0.2) is 0 Å². The number of fused-ring (bicyclic) bond motifs is 1. The smallest absolute Gasteiger partial charge is 0.255 e. The van der Waals surface area contributed by atoms with Crippen LogP contribution in [0.1, 0.15) is 47.2 Å². The van der Waals surface area contributed by atoms with E-state index in [2.05, 4.69) is 5.32 Å². The van der Waals surface area contributed by atoms with Crippen molar-refractivity contribution in [2.24, 2.45) is 0 Å². The normalized spacial score (nSPS) is 17.5. The summed E-state index contributed by atoms with van der Waals surface area (Å²) in [5.41, 5.74) is 3.82. The Morgan fingerprint density at radius 1 is 0.852 bits per heavy atom. The summed E-state index contributed by atoms with van der Waals surface area (Å²) >= 11 is 0. The zero-order valence-corrected chi connectivity index (χ0v) is 16.1. The van der Waals surface area contributed by atoms with Gasteiger partial charge in [-0.05, 0) is 79.6 Å². The third-order valence-corrected chi connectivity index (χ3v) is 7.34. The minimum Gasteiger partial charge on any atom is -0.322 e. The van der Waals surface area contributed by atoms with E-state index in [0.29, 0.717) is 24.3 Å². The van der Waals surface area contributed by atoms with Crippen molar-refractivity contribution in [3.8, 4) is 0 Å². The van der Waals surface area contributed by atoms with Crippen LogP contribution in [-0.4, -0.2) is 31.7 Å². The minimum absolute atomic E-state index is 0.170. The summed E-state index contributed by atoms with van der Waals surface area (Å²) in [6.45, 7) is 1.16. The fourth-order valence-corrected chi connectivity index (χ4v) is 5.40. The van der Waals surface area contributed by atoms with Gasteiger partial charge in [0.05, 0.1) is 4.90 Å². The third kappa shape index (κ3) is 3.77. The standard InChI is InChI=1S/C21H24N2O3S/c24-21(18-8-7-16-5-4-6-17(16)15-18)22-19-9-11-20(12-10-19)27(25,26)23-13-2-1-3-14-23/h7-12,15H,1-6,13-14H2,(H,22,24). The van der Waals surface area contributed by atoms with Crippen LogP contribution in [0.3, 0.4) is 0 Å². The average Bonchev–Trinajstić information content (AvgIpc) is 3.17. The second-order valence-corrected chi connectivity index (χ2v) is 9.22. The predicted molar refractivity (Wildman–Crippen MR) is 105 cm³/mol. The first-order valence-electron chi connectivity index (χ1n) is 9.57. The molecule has 0 bridgehead atoms. The number of nitrogens with zero attached hydrogens (tertiary/aromatic N) is 1. The van der Waals surface area contributed by atoms with Gasteiger partial charge in [-0.3, -0.25) is 4.79 Å². The highest BCUT2D eigenvalue weighted by Crippen LogP contribution is 2.24. The summed E-state index contributed by atoms with van der Waals surface area (Å²) in [5, 5.41) is 2.86. The first kappa shape index (κ1) is 18.2. The molecule has 2 aliphatic rings. The van der Waals surface area contributed by atoms with E-state index >= 15 is 0 Å². The van der Waals surface area contributed by atoms with Crippen LogP contribution >= 0.6 is 0 Å². The Balaban J connectivity index is 1.47. The molecule has 0 atom stereocenters. The molecule has 1 saturated heterocycles. The van der Waals surface area contributed by atoms with Crippen LogP contribution in [0.15, 0.2) is 47.4 Å². The van der Waals surface area contributed by atoms with Gasteiger partial charge in [-0.15, -0.1) is 0 Å². The van der Waals surface area contributed by atoms with Gasteiger partial charge < -0.3 is 5.32 Å². The predicted octanol–water partition coefficient (Wildman–Crippen LogP) is 3.60. The van der Waals surface area contributed by atoms with Crippen LogP contribution in [0.2, 0.25) is 0 Å². The molecule has 27 heavy (non-hydrogen) atoms. The van der Waals surface area contributed by atoms with E-state index in [1.807, 2.05) is 18.2 Å². The number of benzene rings is 2. The van der Waals surface area contributed by atoms with Crippen LogP contribution < -0.4 is 5.32 Å². The number of piperidine rings is 1. The van der Waals surface area contributed by atoms with Gasteiger partial charge in [0.2, 0.25) is 10.0 Å². The van der Waals surface area contributed by atoms with Gasteiger partial charge >= 0.3 is 0 Å². The molecular formula is C21H24N2O3S. The van der Waals surface area contributed by atoms with E-state index in [0.717, 1.165) is 38.5 Å². The second-order valence-electron chi connectivity index (χ2n) is 7.28. The van der Waals surface area contributed by atoms with Crippen molar-refractivity contribution in [3.63, 3.8) is 0 Å². The molecule has 1 fully saturated rings. The molecule has 5 nitrogen and oxygen atoms in total. The molecule has 0 spiro atoms. The molecule has 6 heteroatoms. The summed E-state index contributed by atoms with van der Waals surface area (Å²) in [6.07, 6.45) is 6.17. The number of carbonyl (C=O) groups is 1. The molecule has 1 heterocycles. The van der Waals surface area contributed by atoms with Gasteiger partial charge in [0.25, 0.3) is 5.91 Å². The second kappa shape index (κ2) is 7.44. The Morgan fingerprint density at radius 2 is 1.56 bits per heavy atom. The molecule has 0 aromatic heterocycles. The van der Waals surface area contributed by atoms with Crippen molar-refractivity contribution in [1.82, 2.24) is 4.31 Å². The molecule has 1 aliphatic heterocycles. The summed E-state index contributed by atoms with van der Waals surface area (Å²) in [4.78, 5) is 12.8. The molecular weight excluding hydrogens is 360 g/mol. The highest BCUT2D eigenvalue weighted by Gasteiger charge is 2.25. The van der Waals surface area contributed by atoms with E-state index in [1.54, 1.807) is 28.6 Å². The third-order valence-electron chi connectivity index (χ3n) is 5.43. The topological polar surface area (TPSA) is 66.5 Å². The van der Waals surface area contributed by atoms with Gasteiger partial charge in [-0.2, -0.15) is 4.31 Å². The Bertz CT molecular complexity index is 946. The molecule has 4 rings (SSSR count). The van der Waals surface area contributed by atoms with Gasteiger partial charge in [0.1, 0.15) is 0 Å². The number of rotatable bonds is 4. The fraction of sp³-hybridized carbons (Fsp3) is 0.381. The SMILES string of the molecule is O=C(Nc1ccc(S(=O)(=O)N2CCCCC2)cc1)c1ccc2c(c1)CCC2. The van der Waals surface area contributed by atoms with Crippen LogP contribution in [0.5, 0.6) is 0 Å². The number of aryl methyl sites for hydroxylation is 2. The lowest BCUT2D eigenvalue weighted by atomic mass is 10.1. The molecule has 142 valence electrons. The van der Waals surface area contributed by atoms with Gasteiger partial charge in [-0.25, -0.2) is 8.42 Å². The van der Waals surface area contributed by atoms with Crippen molar-refractivity contribution < 1.29 is 13.2 Å². The van der Waals surface area contributed by atoms with Crippen molar-refractivity contribution in [1.29, 1.82) is 0 Å². The highest BCUT2D eigenvalue weighted by molar-refractivity contribution is 7.89. The Labute approximate surface area is 160 Å². The van der Waals surface area contributed by atoms with E-state index in [-0.39, 0.29) is 10.8 Å². The Hall–Kier alpha value is -2.18.